The van der Waals surface area contributed by atoms with Crippen LogP contribution in [0.4, 0.5) is 18.9 Å². The molecule has 2 fully saturated rings. The Kier molecular flexibility index (Phi) is 5.51. The fourth-order valence-electron chi connectivity index (χ4n) is 3.88. The van der Waals surface area contributed by atoms with E-state index in [1.807, 2.05) is 0 Å². The van der Waals surface area contributed by atoms with Crippen molar-refractivity contribution >= 4 is 11.6 Å². The first kappa shape index (κ1) is 20.8. The highest BCUT2D eigenvalue weighted by atomic mass is 19.4. The van der Waals surface area contributed by atoms with Gasteiger partial charge in [-0.1, -0.05) is 18.9 Å². The van der Waals surface area contributed by atoms with E-state index in [1.54, 1.807) is 26.0 Å². The molecule has 0 aromatic heterocycles. The summed E-state index contributed by atoms with van der Waals surface area (Å²) in [6, 6.07) is 7.61. The van der Waals surface area contributed by atoms with Crippen LogP contribution in [0.2, 0.25) is 0 Å². The lowest BCUT2D eigenvalue weighted by molar-refractivity contribution is -0.136. The average molecular weight is 417 g/mol. The number of ether oxygens (including phenoxy) is 1. The van der Waals surface area contributed by atoms with Gasteiger partial charge in [-0.15, -0.1) is 0 Å². The number of rotatable bonds is 7. The van der Waals surface area contributed by atoms with Crippen LogP contribution in [0, 0.1) is 19.8 Å². The number of alkyl halides is 3. The number of nitrogens with one attached hydrogen (secondary N) is 1. The second-order valence-electron chi connectivity index (χ2n) is 8.54. The maximum absolute atomic E-state index is 13.5. The van der Waals surface area contributed by atoms with Gasteiger partial charge in [-0.2, -0.15) is 13.2 Å². The third-order valence-corrected chi connectivity index (χ3v) is 5.87. The Morgan fingerprint density at radius 3 is 2.30 bits per heavy atom. The van der Waals surface area contributed by atoms with E-state index in [-0.39, 0.29) is 5.69 Å². The summed E-state index contributed by atoms with van der Waals surface area (Å²) in [5, 5.41) is 2.52. The topological polar surface area (TPSA) is 38.3 Å². The average Bonchev–Trinajstić information content (AvgIpc) is 3.53. The Bertz CT molecular complexity index is 936. The van der Waals surface area contributed by atoms with Gasteiger partial charge >= 0.3 is 6.18 Å². The minimum atomic E-state index is -4.53. The molecular weight excluding hydrogens is 391 g/mol. The highest BCUT2D eigenvalue weighted by molar-refractivity contribution is 6.06. The van der Waals surface area contributed by atoms with Gasteiger partial charge in [0.05, 0.1) is 17.9 Å². The van der Waals surface area contributed by atoms with Crippen molar-refractivity contribution in [3.05, 3.63) is 58.1 Å². The van der Waals surface area contributed by atoms with Crippen molar-refractivity contribution in [3.63, 3.8) is 0 Å². The van der Waals surface area contributed by atoms with Gasteiger partial charge < -0.3 is 10.1 Å². The number of anilines is 1. The SMILES string of the molecule is Cc1cc(OCCC2CC2)cc(C)c1C(=O)Nc1cc(C2CC2)ccc1C(F)(F)F. The molecule has 0 bridgehead atoms. The number of amides is 1. The van der Waals surface area contributed by atoms with Gasteiger partial charge in [-0.3, -0.25) is 4.79 Å². The molecule has 3 nitrogen and oxygen atoms in total. The van der Waals surface area contributed by atoms with Crippen molar-refractivity contribution in [1.82, 2.24) is 0 Å². The molecule has 1 N–H and O–H groups in total. The van der Waals surface area contributed by atoms with Crippen LogP contribution in [-0.4, -0.2) is 12.5 Å². The second kappa shape index (κ2) is 7.97. The van der Waals surface area contributed by atoms with Crippen LogP contribution in [0.3, 0.4) is 0 Å². The van der Waals surface area contributed by atoms with Crippen molar-refractivity contribution < 1.29 is 22.7 Å². The van der Waals surface area contributed by atoms with E-state index in [9.17, 15) is 18.0 Å². The standard InChI is InChI=1S/C24H26F3NO2/c1-14-11-19(30-10-9-16-3-4-16)12-15(2)22(14)23(29)28-21-13-18(17-5-6-17)7-8-20(21)24(25,26)27/h7-8,11-13,16-17H,3-6,9-10H2,1-2H3,(H,28,29). The predicted octanol–water partition coefficient (Wildman–Crippen LogP) is 6.63. The molecule has 4 rings (SSSR count). The van der Waals surface area contributed by atoms with Gasteiger partial charge in [0, 0.05) is 5.56 Å². The number of carbonyl (C=O) groups is 1. The fraction of sp³-hybridized carbons (Fsp3) is 0.458. The van der Waals surface area contributed by atoms with Crippen LogP contribution in [0.15, 0.2) is 30.3 Å². The molecule has 2 aromatic rings. The zero-order valence-corrected chi connectivity index (χ0v) is 17.2. The number of halogens is 3. The quantitative estimate of drug-likeness (QED) is 0.549. The van der Waals surface area contributed by atoms with Crippen molar-refractivity contribution in [3.8, 4) is 5.75 Å². The number of aryl methyl sites for hydroxylation is 2. The van der Waals surface area contributed by atoms with Crippen molar-refractivity contribution in [1.29, 1.82) is 0 Å². The molecule has 0 unspecified atom stereocenters. The van der Waals surface area contributed by atoms with E-state index in [1.165, 1.54) is 25.0 Å². The van der Waals surface area contributed by atoms with Crippen LogP contribution < -0.4 is 10.1 Å². The second-order valence-corrected chi connectivity index (χ2v) is 8.54. The maximum atomic E-state index is 13.5. The summed E-state index contributed by atoms with van der Waals surface area (Å²) in [4.78, 5) is 12.9. The number of benzene rings is 2. The summed E-state index contributed by atoms with van der Waals surface area (Å²) in [6.45, 7) is 4.19. The predicted molar refractivity (Wildman–Crippen MR) is 110 cm³/mol. The van der Waals surface area contributed by atoms with Crippen LogP contribution in [0.5, 0.6) is 5.75 Å². The molecule has 2 saturated carbocycles. The normalized spacial score (nSPS) is 16.4. The van der Waals surface area contributed by atoms with Crippen LogP contribution in [0.25, 0.3) is 0 Å². The van der Waals surface area contributed by atoms with Crippen LogP contribution in [0.1, 0.15) is 70.6 Å². The zero-order valence-electron chi connectivity index (χ0n) is 17.2. The summed E-state index contributed by atoms with van der Waals surface area (Å²) < 4.78 is 46.2. The monoisotopic (exact) mass is 417 g/mol. The molecule has 0 spiro atoms. The molecule has 0 saturated heterocycles. The van der Waals surface area contributed by atoms with Gasteiger partial charge in [0.1, 0.15) is 5.75 Å². The lowest BCUT2D eigenvalue weighted by Gasteiger charge is -2.17. The lowest BCUT2D eigenvalue weighted by atomic mass is 10.0. The maximum Gasteiger partial charge on any atom is 0.418 e. The Morgan fingerprint density at radius 2 is 1.73 bits per heavy atom. The fourth-order valence-corrected chi connectivity index (χ4v) is 3.88. The van der Waals surface area contributed by atoms with Crippen molar-refractivity contribution in [2.45, 2.75) is 58.0 Å². The highest BCUT2D eigenvalue weighted by Gasteiger charge is 2.35. The van der Waals surface area contributed by atoms with E-state index in [4.69, 9.17) is 4.74 Å². The number of carbonyl (C=O) groups excluding carboxylic acids is 1. The van der Waals surface area contributed by atoms with Gasteiger partial charge in [-0.25, -0.2) is 0 Å². The summed E-state index contributed by atoms with van der Waals surface area (Å²) >= 11 is 0. The van der Waals surface area contributed by atoms with Gasteiger partial charge in [0.2, 0.25) is 0 Å². The molecule has 0 radical (unpaired) electrons. The van der Waals surface area contributed by atoms with E-state index < -0.39 is 17.6 Å². The first-order valence-electron chi connectivity index (χ1n) is 10.5. The van der Waals surface area contributed by atoms with E-state index in [0.29, 0.717) is 35.0 Å². The zero-order chi connectivity index (χ0) is 21.5. The smallest absolute Gasteiger partial charge is 0.418 e. The summed E-state index contributed by atoms with van der Waals surface area (Å²) in [6.07, 6.45) is 0.967. The molecule has 1 amide bonds. The van der Waals surface area contributed by atoms with Crippen molar-refractivity contribution in [2.24, 2.45) is 5.92 Å². The molecule has 2 aromatic carbocycles. The summed E-state index contributed by atoms with van der Waals surface area (Å²) in [7, 11) is 0. The molecule has 160 valence electrons. The molecule has 0 heterocycles. The summed E-state index contributed by atoms with van der Waals surface area (Å²) in [5.41, 5.74) is 1.58. The third kappa shape index (κ3) is 4.79. The Hall–Kier alpha value is -2.50. The highest BCUT2D eigenvalue weighted by Crippen LogP contribution is 2.43. The molecule has 6 heteroatoms. The summed E-state index contributed by atoms with van der Waals surface area (Å²) in [5.74, 6) is 1.21. The van der Waals surface area contributed by atoms with Crippen molar-refractivity contribution in [2.75, 3.05) is 11.9 Å². The van der Waals surface area contributed by atoms with Gasteiger partial charge in [-0.05, 0) is 85.9 Å². The van der Waals surface area contributed by atoms with E-state index >= 15 is 0 Å². The first-order chi connectivity index (χ1) is 14.2. The molecule has 2 aliphatic rings. The molecule has 2 aliphatic carbocycles. The number of hydrogen-bond acceptors (Lipinski definition) is 2. The molecular formula is C24H26F3NO2. The Labute approximate surface area is 174 Å². The van der Waals surface area contributed by atoms with E-state index in [0.717, 1.165) is 36.8 Å². The van der Waals surface area contributed by atoms with Gasteiger partial charge in [0.25, 0.3) is 5.91 Å². The number of hydrogen-bond donors (Lipinski definition) is 1. The molecule has 30 heavy (non-hydrogen) atoms. The van der Waals surface area contributed by atoms with Gasteiger partial charge in [0.15, 0.2) is 0 Å². The minimum absolute atomic E-state index is 0.180. The van der Waals surface area contributed by atoms with E-state index in [2.05, 4.69) is 5.32 Å². The van der Waals surface area contributed by atoms with Crippen LogP contribution in [-0.2, 0) is 6.18 Å². The Morgan fingerprint density at radius 1 is 1.07 bits per heavy atom. The lowest BCUT2D eigenvalue weighted by Crippen LogP contribution is -2.19. The third-order valence-electron chi connectivity index (χ3n) is 5.87. The van der Waals surface area contributed by atoms with Crippen LogP contribution >= 0.6 is 0 Å². The first-order valence-corrected chi connectivity index (χ1v) is 10.5. The largest absolute Gasteiger partial charge is 0.494 e. The Balaban J connectivity index is 1.55. The molecule has 0 atom stereocenters. The minimum Gasteiger partial charge on any atom is -0.494 e. The molecule has 0 aliphatic heterocycles.